The lowest BCUT2D eigenvalue weighted by Crippen LogP contribution is -2.31. The number of pyridine rings is 1. The van der Waals surface area contributed by atoms with Gasteiger partial charge in [-0.25, -0.2) is 13.6 Å². The Balaban J connectivity index is 2.90. The first-order valence-electron chi connectivity index (χ1n) is 7.63. The molecule has 1 heterocycles. The van der Waals surface area contributed by atoms with Crippen LogP contribution in [0.5, 0.6) is 0 Å². The zero-order valence-corrected chi connectivity index (χ0v) is 14.0. The molecule has 11 heteroatoms. The molecule has 0 atom stereocenters. The highest BCUT2D eigenvalue weighted by Crippen LogP contribution is 2.29. The number of carbonyl (C=O) groups is 2. The smallest absolute Gasteiger partial charge is 0.462 e. The molecule has 2 aromatic rings. The van der Waals surface area contributed by atoms with E-state index in [0.717, 1.165) is 10.8 Å². The summed E-state index contributed by atoms with van der Waals surface area (Å²) in [7, 11) is 0. The fourth-order valence-corrected chi connectivity index (χ4v) is 2.41. The van der Waals surface area contributed by atoms with E-state index in [1.54, 1.807) is 0 Å². The van der Waals surface area contributed by atoms with Crippen LogP contribution < -0.4 is 10.7 Å². The molecular formula is C16H13F5N2O4. The maximum Gasteiger partial charge on any atom is 0.471 e. The number of rotatable bonds is 4. The first-order chi connectivity index (χ1) is 12.5. The lowest BCUT2D eigenvalue weighted by Gasteiger charge is -2.16. The van der Waals surface area contributed by atoms with E-state index in [1.165, 1.54) is 19.2 Å². The molecule has 0 spiro atoms. The maximum absolute atomic E-state index is 14.2. The van der Waals surface area contributed by atoms with Gasteiger partial charge >= 0.3 is 18.1 Å². The molecule has 0 saturated carbocycles. The van der Waals surface area contributed by atoms with Crippen LogP contribution in [0, 0.1) is 11.6 Å². The van der Waals surface area contributed by atoms with Crippen LogP contribution in [-0.2, 0) is 16.1 Å². The Hall–Kier alpha value is -2.98. The van der Waals surface area contributed by atoms with Crippen molar-refractivity contribution in [3.8, 4) is 0 Å². The van der Waals surface area contributed by atoms with Gasteiger partial charge in [-0.05, 0) is 13.8 Å². The monoisotopic (exact) mass is 392 g/mol. The number of hydrogen-bond donors (Lipinski definition) is 1. The Labute approximate surface area is 148 Å². The van der Waals surface area contributed by atoms with Crippen molar-refractivity contribution in [2.75, 3.05) is 11.9 Å². The normalized spacial score (nSPS) is 11.5. The van der Waals surface area contributed by atoms with Gasteiger partial charge in [0.15, 0.2) is 11.6 Å². The Morgan fingerprint density at radius 1 is 1.22 bits per heavy atom. The molecule has 1 amide bonds. The zero-order valence-electron chi connectivity index (χ0n) is 14.0. The lowest BCUT2D eigenvalue weighted by molar-refractivity contribution is -0.167. The highest BCUT2D eigenvalue weighted by atomic mass is 19.4. The van der Waals surface area contributed by atoms with Crippen molar-refractivity contribution in [1.82, 2.24) is 4.57 Å². The second-order valence-electron chi connectivity index (χ2n) is 5.27. The fourth-order valence-electron chi connectivity index (χ4n) is 2.41. The molecule has 0 aliphatic rings. The van der Waals surface area contributed by atoms with Crippen LogP contribution in [0.4, 0.5) is 27.6 Å². The number of alkyl halides is 3. The quantitative estimate of drug-likeness (QED) is 0.641. The summed E-state index contributed by atoms with van der Waals surface area (Å²) in [4.78, 5) is 35.7. The van der Waals surface area contributed by atoms with E-state index in [4.69, 9.17) is 4.74 Å². The predicted molar refractivity (Wildman–Crippen MR) is 84.4 cm³/mol. The SMILES string of the molecule is CCOC(=O)c1cn(CC)c2cc(F)c(F)c(NC(=O)C(F)(F)F)c2c1=O. The third-order valence-corrected chi connectivity index (χ3v) is 3.60. The molecule has 146 valence electrons. The van der Waals surface area contributed by atoms with Gasteiger partial charge in [0, 0.05) is 18.8 Å². The Morgan fingerprint density at radius 2 is 1.85 bits per heavy atom. The van der Waals surface area contributed by atoms with E-state index in [9.17, 15) is 36.3 Å². The van der Waals surface area contributed by atoms with Crippen molar-refractivity contribution in [2.45, 2.75) is 26.6 Å². The number of halogens is 5. The minimum absolute atomic E-state index is 0.0565. The van der Waals surface area contributed by atoms with Crippen LogP contribution in [0.15, 0.2) is 17.1 Å². The summed E-state index contributed by atoms with van der Waals surface area (Å²) >= 11 is 0. The number of nitrogens with zero attached hydrogens (tertiary/aromatic N) is 1. The maximum atomic E-state index is 14.2. The molecule has 0 radical (unpaired) electrons. The van der Waals surface area contributed by atoms with Gasteiger partial charge in [0.25, 0.3) is 0 Å². The highest BCUT2D eigenvalue weighted by Gasteiger charge is 2.40. The third kappa shape index (κ3) is 3.76. The number of nitrogens with one attached hydrogen (secondary N) is 1. The predicted octanol–water partition coefficient (Wildman–Crippen LogP) is 2.98. The van der Waals surface area contributed by atoms with E-state index in [0.29, 0.717) is 6.07 Å². The third-order valence-electron chi connectivity index (χ3n) is 3.60. The summed E-state index contributed by atoms with van der Waals surface area (Å²) in [5, 5.41) is 0.401. The number of anilines is 1. The molecule has 6 nitrogen and oxygen atoms in total. The lowest BCUT2D eigenvalue weighted by atomic mass is 10.1. The van der Waals surface area contributed by atoms with Crippen LogP contribution in [-0.4, -0.2) is 29.2 Å². The molecule has 0 saturated heterocycles. The van der Waals surface area contributed by atoms with Crippen LogP contribution in [0.3, 0.4) is 0 Å². The molecular weight excluding hydrogens is 379 g/mol. The van der Waals surface area contributed by atoms with Crippen LogP contribution in [0.1, 0.15) is 24.2 Å². The van der Waals surface area contributed by atoms with Crippen LogP contribution in [0.25, 0.3) is 10.9 Å². The van der Waals surface area contributed by atoms with E-state index in [-0.39, 0.29) is 18.7 Å². The van der Waals surface area contributed by atoms with Crippen molar-refractivity contribution >= 4 is 28.5 Å². The topological polar surface area (TPSA) is 77.4 Å². The summed E-state index contributed by atoms with van der Waals surface area (Å²) < 4.78 is 71.5. The van der Waals surface area contributed by atoms with Crippen molar-refractivity contribution in [2.24, 2.45) is 0 Å². The van der Waals surface area contributed by atoms with Gasteiger partial charge in [0.1, 0.15) is 5.56 Å². The van der Waals surface area contributed by atoms with Gasteiger partial charge in [-0.2, -0.15) is 13.2 Å². The number of aromatic nitrogens is 1. The second-order valence-corrected chi connectivity index (χ2v) is 5.27. The Kier molecular flexibility index (Phi) is 5.52. The number of aryl methyl sites for hydroxylation is 1. The van der Waals surface area contributed by atoms with E-state index < -0.39 is 51.8 Å². The van der Waals surface area contributed by atoms with Gasteiger partial charge < -0.3 is 14.6 Å². The molecule has 1 N–H and O–H groups in total. The van der Waals surface area contributed by atoms with E-state index in [2.05, 4.69) is 0 Å². The summed E-state index contributed by atoms with van der Waals surface area (Å²) in [6.45, 7) is 2.95. The molecule has 0 aliphatic carbocycles. The van der Waals surface area contributed by atoms with Crippen molar-refractivity contribution in [3.05, 3.63) is 39.7 Å². The van der Waals surface area contributed by atoms with Crippen molar-refractivity contribution in [3.63, 3.8) is 0 Å². The van der Waals surface area contributed by atoms with Gasteiger partial charge in [0.2, 0.25) is 5.43 Å². The summed E-state index contributed by atoms with van der Waals surface area (Å²) in [5.41, 5.74) is -3.40. The van der Waals surface area contributed by atoms with Crippen LogP contribution >= 0.6 is 0 Å². The van der Waals surface area contributed by atoms with E-state index in [1.807, 2.05) is 0 Å². The van der Waals surface area contributed by atoms with Gasteiger partial charge in [-0.15, -0.1) is 0 Å². The van der Waals surface area contributed by atoms with Gasteiger partial charge in [-0.3, -0.25) is 9.59 Å². The number of hydrogen-bond acceptors (Lipinski definition) is 4. The highest BCUT2D eigenvalue weighted by molar-refractivity contribution is 6.05. The minimum Gasteiger partial charge on any atom is -0.462 e. The summed E-state index contributed by atoms with van der Waals surface area (Å²) in [5.74, 6) is -7.13. The van der Waals surface area contributed by atoms with Crippen molar-refractivity contribution < 1.29 is 36.3 Å². The van der Waals surface area contributed by atoms with E-state index >= 15 is 0 Å². The number of fused-ring (bicyclic) bond motifs is 1. The summed E-state index contributed by atoms with van der Waals surface area (Å²) in [6.07, 6.45) is -4.39. The number of ether oxygens (including phenoxy) is 1. The average Bonchev–Trinajstić information content (AvgIpc) is 2.58. The minimum atomic E-state index is -5.41. The Morgan fingerprint density at radius 3 is 2.37 bits per heavy atom. The molecule has 1 aromatic heterocycles. The van der Waals surface area contributed by atoms with Crippen molar-refractivity contribution in [1.29, 1.82) is 0 Å². The van der Waals surface area contributed by atoms with Crippen LogP contribution in [0.2, 0.25) is 0 Å². The zero-order chi connectivity index (χ0) is 20.5. The molecule has 0 aliphatic heterocycles. The molecule has 27 heavy (non-hydrogen) atoms. The Bertz CT molecular complexity index is 982. The first kappa shape index (κ1) is 20.3. The number of benzene rings is 1. The average molecular weight is 392 g/mol. The standard InChI is InChI=1S/C16H13F5N2O4/c1-3-23-6-7(14(25)27-4-2)13(24)10-9(23)5-8(17)11(18)12(10)22-15(26)16(19,20)21/h5-6H,3-4H2,1-2H3,(H,22,26). The van der Waals surface area contributed by atoms with Gasteiger partial charge in [0.05, 0.1) is 23.2 Å². The second kappa shape index (κ2) is 7.33. The molecule has 0 unspecified atom stereocenters. The summed E-state index contributed by atoms with van der Waals surface area (Å²) in [6, 6.07) is 0.591. The molecule has 0 fully saturated rings. The van der Waals surface area contributed by atoms with Gasteiger partial charge in [-0.1, -0.05) is 0 Å². The fraction of sp³-hybridized carbons (Fsp3) is 0.312. The molecule has 2 rings (SSSR count). The number of amides is 1. The number of carbonyl (C=O) groups excluding carboxylic acids is 2. The number of esters is 1. The first-order valence-corrected chi connectivity index (χ1v) is 7.63. The molecule has 1 aromatic carbocycles. The largest absolute Gasteiger partial charge is 0.471 e. The molecule has 0 bridgehead atoms.